The van der Waals surface area contributed by atoms with Gasteiger partial charge in [0.1, 0.15) is 4.90 Å². The number of carbonyl (C=O) groups excluding carboxylic acids is 2. The third-order valence-corrected chi connectivity index (χ3v) is 6.85. The maximum Gasteiger partial charge on any atom is 0.321 e. The van der Waals surface area contributed by atoms with Gasteiger partial charge in [0.05, 0.1) is 5.02 Å². The highest BCUT2D eigenvalue weighted by atomic mass is 35.5. The number of nitrogens with zero attached hydrogens (tertiary/aromatic N) is 2. The van der Waals surface area contributed by atoms with Crippen molar-refractivity contribution in [2.24, 2.45) is 0 Å². The zero-order chi connectivity index (χ0) is 21.8. The number of urea groups is 1. The molecule has 1 aliphatic heterocycles. The summed E-state index contributed by atoms with van der Waals surface area (Å²) < 4.78 is 27.0. The number of sulfonamides is 1. The molecule has 0 spiro atoms. The molecule has 0 aliphatic carbocycles. The lowest BCUT2D eigenvalue weighted by Gasteiger charge is -2.34. The molecule has 0 aromatic heterocycles. The van der Waals surface area contributed by atoms with Gasteiger partial charge in [0, 0.05) is 49.7 Å². The molecule has 29 heavy (non-hydrogen) atoms. The molecule has 1 fully saturated rings. The van der Waals surface area contributed by atoms with Crippen molar-refractivity contribution in [1.29, 1.82) is 0 Å². The van der Waals surface area contributed by atoms with Gasteiger partial charge >= 0.3 is 6.03 Å². The first kappa shape index (κ1) is 23.9. The number of benzene rings is 1. The summed E-state index contributed by atoms with van der Waals surface area (Å²) in [5.41, 5.74) is -0.432. The number of halogens is 2. The number of hydrogen-bond donors (Lipinski definition) is 2. The van der Waals surface area contributed by atoms with Crippen LogP contribution in [0.1, 0.15) is 27.2 Å². The van der Waals surface area contributed by atoms with Crippen LogP contribution < -0.4 is 10.6 Å². The van der Waals surface area contributed by atoms with Crippen LogP contribution in [0.5, 0.6) is 0 Å². The Labute approximate surface area is 181 Å². The lowest BCUT2D eigenvalue weighted by atomic mass is 10.1. The summed E-state index contributed by atoms with van der Waals surface area (Å²) in [4.78, 5) is 25.6. The molecule has 162 valence electrons. The molecular formula is C18H26Cl2N4O4S. The first-order valence-corrected chi connectivity index (χ1v) is 11.4. The van der Waals surface area contributed by atoms with E-state index in [-0.39, 0.29) is 35.3 Å². The monoisotopic (exact) mass is 464 g/mol. The fraction of sp³-hybridized carbons (Fsp3) is 0.556. The first-order valence-electron chi connectivity index (χ1n) is 9.18. The third-order valence-electron chi connectivity index (χ3n) is 4.24. The van der Waals surface area contributed by atoms with Gasteiger partial charge in [-0.05, 0) is 39.0 Å². The Morgan fingerprint density at radius 3 is 2.31 bits per heavy atom. The fourth-order valence-corrected chi connectivity index (χ4v) is 4.99. The van der Waals surface area contributed by atoms with Crippen molar-refractivity contribution < 1.29 is 18.0 Å². The summed E-state index contributed by atoms with van der Waals surface area (Å²) in [6.45, 7) is 7.39. The predicted molar refractivity (Wildman–Crippen MR) is 113 cm³/mol. The van der Waals surface area contributed by atoms with Crippen LogP contribution in [0, 0.1) is 0 Å². The van der Waals surface area contributed by atoms with Crippen LogP contribution in [-0.4, -0.2) is 67.8 Å². The van der Waals surface area contributed by atoms with E-state index in [2.05, 4.69) is 10.6 Å². The average molecular weight is 465 g/mol. The van der Waals surface area contributed by atoms with Crippen LogP contribution in [0.3, 0.4) is 0 Å². The minimum Gasteiger partial charge on any atom is -0.333 e. The van der Waals surface area contributed by atoms with E-state index < -0.39 is 21.6 Å². The molecule has 8 nitrogen and oxygen atoms in total. The Morgan fingerprint density at radius 1 is 1.10 bits per heavy atom. The van der Waals surface area contributed by atoms with Gasteiger partial charge in [0.25, 0.3) is 0 Å². The second kappa shape index (κ2) is 9.61. The SMILES string of the molecule is CC(C)(C)NC(=O)NC(=O)CCN1CCN(S(=O)(=O)c2cc(Cl)ccc2Cl)CC1. The molecule has 0 bridgehead atoms. The Balaban J connectivity index is 1.84. The summed E-state index contributed by atoms with van der Waals surface area (Å²) in [7, 11) is -3.75. The molecule has 2 N–H and O–H groups in total. The Hall–Kier alpha value is -1.39. The van der Waals surface area contributed by atoms with Crippen LogP contribution in [0.2, 0.25) is 10.0 Å². The highest BCUT2D eigenvalue weighted by Crippen LogP contribution is 2.28. The lowest BCUT2D eigenvalue weighted by molar-refractivity contribution is -0.120. The maximum absolute atomic E-state index is 12.8. The minimum absolute atomic E-state index is 0.00986. The minimum atomic E-state index is -3.75. The standard InChI is InChI=1S/C18H26Cl2N4O4S/c1-18(2,3)22-17(26)21-16(25)6-7-23-8-10-24(11-9-23)29(27,28)15-12-13(19)4-5-14(15)20/h4-5,12H,6-11H2,1-3H3,(H2,21,22,25,26). The number of amides is 3. The number of imide groups is 1. The molecule has 0 unspecified atom stereocenters. The molecule has 2 rings (SSSR count). The van der Waals surface area contributed by atoms with E-state index in [4.69, 9.17) is 23.2 Å². The smallest absolute Gasteiger partial charge is 0.321 e. The molecule has 1 aromatic rings. The zero-order valence-corrected chi connectivity index (χ0v) is 19.0. The van der Waals surface area contributed by atoms with E-state index in [1.807, 2.05) is 25.7 Å². The largest absolute Gasteiger partial charge is 0.333 e. The second-order valence-electron chi connectivity index (χ2n) is 7.82. The fourth-order valence-electron chi connectivity index (χ4n) is 2.83. The van der Waals surface area contributed by atoms with Crippen LogP contribution in [0.15, 0.2) is 23.1 Å². The molecule has 1 aliphatic rings. The summed E-state index contributed by atoms with van der Waals surface area (Å²) >= 11 is 12.0. The molecule has 0 atom stereocenters. The molecule has 0 radical (unpaired) electrons. The number of piperazine rings is 1. The summed E-state index contributed by atoms with van der Waals surface area (Å²) in [6.07, 6.45) is 0.143. The van der Waals surface area contributed by atoms with Crippen molar-refractivity contribution in [1.82, 2.24) is 19.8 Å². The van der Waals surface area contributed by atoms with E-state index in [1.54, 1.807) is 0 Å². The van der Waals surface area contributed by atoms with Crippen molar-refractivity contribution in [3.8, 4) is 0 Å². The van der Waals surface area contributed by atoms with E-state index in [1.165, 1.54) is 22.5 Å². The summed E-state index contributed by atoms with van der Waals surface area (Å²) in [5, 5.41) is 5.38. The molecule has 0 saturated carbocycles. The zero-order valence-electron chi connectivity index (χ0n) is 16.7. The summed E-state index contributed by atoms with van der Waals surface area (Å²) in [6, 6.07) is 3.81. The van der Waals surface area contributed by atoms with Crippen molar-refractivity contribution >= 4 is 45.2 Å². The van der Waals surface area contributed by atoms with Crippen LogP contribution >= 0.6 is 23.2 Å². The number of rotatable bonds is 5. The highest BCUT2D eigenvalue weighted by Gasteiger charge is 2.30. The van der Waals surface area contributed by atoms with Gasteiger partial charge < -0.3 is 10.2 Å². The van der Waals surface area contributed by atoms with Gasteiger partial charge in [-0.15, -0.1) is 0 Å². The van der Waals surface area contributed by atoms with Gasteiger partial charge in [-0.1, -0.05) is 23.2 Å². The second-order valence-corrected chi connectivity index (χ2v) is 10.6. The molecule has 1 aromatic carbocycles. The quantitative estimate of drug-likeness (QED) is 0.696. The Bertz CT molecular complexity index is 863. The molecular weight excluding hydrogens is 439 g/mol. The van der Waals surface area contributed by atoms with Crippen molar-refractivity contribution in [3.63, 3.8) is 0 Å². The van der Waals surface area contributed by atoms with Crippen molar-refractivity contribution in [2.45, 2.75) is 37.6 Å². The third kappa shape index (κ3) is 7.11. The van der Waals surface area contributed by atoms with Crippen LogP contribution in [-0.2, 0) is 14.8 Å². The van der Waals surface area contributed by atoms with Gasteiger partial charge in [0.2, 0.25) is 15.9 Å². The highest BCUT2D eigenvalue weighted by molar-refractivity contribution is 7.89. The Morgan fingerprint density at radius 2 is 1.72 bits per heavy atom. The molecule has 3 amide bonds. The van der Waals surface area contributed by atoms with Gasteiger partial charge in [-0.2, -0.15) is 4.31 Å². The first-order chi connectivity index (χ1) is 13.4. The number of hydrogen-bond acceptors (Lipinski definition) is 5. The normalized spacial score (nSPS) is 16.4. The van der Waals surface area contributed by atoms with Gasteiger partial charge in [0.15, 0.2) is 0 Å². The average Bonchev–Trinajstić information content (AvgIpc) is 2.60. The van der Waals surface area contributed by atoms with Crippen molar-refractivity contribution in [3.05, 3.63) is 28.2 Å². The van der Waals surface area contributed by atoms with E-state index in [9.17, 15) is 18.0 Å². The topological polar surface area (TPSA) is 98.8 Å². The molecule has 1 saturated heterocycles. The predicted octanol–water partition coefficient (Wildman–Crippen LogP) is 2.31. The Kier molecular flexibility index (Phi) is 7.92. The van der Waals surface area contributed by atoms with Crippen molar-refractivity contribution in [2.75, 3.05) is 32.7 Å². The number of carbonyl (C=O) groups is 2. The maximum atomic E-state index is 12.8. The van der Waals surface area contributed by atoms with E-state index >= 15 is 0 Å². The number of nitrogens with one attached hydrogen (secondary N) is 2. The van der Waals surface area contributed by atoms with Crippen LogP contribution in [0.25, 0.3) is 0 Å². The van der Waals surface area contributed by atoms with Crippen LogP contribution in [0.4, 0.5) is 4.79 Å². The molecule has 11 heteroatoms. The van der Waals surface area contributed by atoms with E-state index in [0.717, 1.165) is 0 Å². The molecule has 1 heterocycles. The summed E-state index contributed by atoms with van der Waals surface area (Å²) in [5.74, 6) is -0.382. The lowest BCUT2D eigenvalue weighted by Crippen LogP contribution is -2.50. The van der Waals surface area contributed by atoms with Gasteiger partial charge in [-0.3, -0.25) is 10.1 Å². The van der Waals surface area contributed by atoms with Gasteiger partial charge in [-0.25, -0.2) is 13.2 Å². The van der Waals surface area contributed by atoms with E-state index in [0.29, 0.717) is 24.7 Å².